The van der Waals surface area contributed by atoms with Crippen molar-refractivity contribution in [2.24, 2.45) is 0 Å². The van der Waals surface area contributed by atoms with E-state index in [-0.39, 0.29) is 42.8 Å². The van der Waals surface area contributed by atoms with E-state index in [0.29, 0.717) is 25.9 Å². The van der Waals surface area contributed by atoms with Crippen LogP contribution in [-0.2, 0) is 15.7 Å². The molecule has 0 saturated carbocycles. The van der Waals surface area contributed by atoms with Crippen LogP contribution in [0.2, 0.25) is 0 Å². The number of rotatable bonds is 6. The molecular weight excluding hydrogens is 391 g/mol. The van der Waals surface area contributed by atoms with E-state index in [9.17, 15) is 23.1 Å². The summed E-state index contributed by atoms with van der Waals surface area (Å²) in [4.78, 5) is 13.1. The lowest BCUT2D eigenvalue weighted by Crippen LogP contribution is -2.34. The third-order valence-corrected chi connectivity index (χ3v) is 3.78. The number of aliphatic hydroxyl groups is 1. The highest BCUT2D eigenvalue weighted by Crippen LogP contribution is 2.31. The minimum atomic E-state index is -4.41. The van der Waals surface area contributed by atoms with Crippen LogP contribution in [0.25, 0.3) is 0 Å². The second kappa shape index (κ2) is 10.3. The molecule has 0 fully saturated rings. The topological polar surface area (TPSA) is 68.2 Å². The molecule has 0 spiro atoms. The molecule has 27 heavy (non-hydrogen) atoms. The largest absolute Gasteiger partial charge is 0.513 e. The molecule has 6 nitrogen and oxygen atoms in total. The first-order chi connectivity index (χ1) is 12.3. The van der Waals surface area contributed by atoms with Crippen molar-refractivity contribution < 1.29 is 37.3 Å². The van der Waals surface area contributed by atoms with Gasteiger partial charge in [0.05, 0.1) is 25.8 Å². The number of alkyl halides is 3. The second-order valence-corrected chi connectivity index (χ2v) is 5.68. The molecular formula is C17H21ClF3NO5. The number of carbonyl (C=O) groups excluding carboxylic acids is 1. The van der Waals surface area contributed by atoms with Gasteiger partial charge in [0.15, 0.2) is 5.76 Å². The Morgan fingerprint density at radius 1 is 1.33 bits per heavy atom. The number of nitrogens with zero attached hydrogens (tertiary/aromatic N) is 1. The highest BCUT2D eigenvalue weighted by atomic mass is 35.5. The lowest BCUT2D eigenvalue weighted by atomic mass is 10.2. The Hall–Kier alpha value is -2.13. The molecule has 1 heterocycles. The summed E-state index contributed by atoms with van der Waals surface area (Å²) in [6, 6.07) is 4.72. The van der Waals surface area contributed by atoms with E-state index in [1.807, 2.05) is 4.90 Å². The van der Waals surface area contributed by atoms with Gasteiger partial charge in [-0.15, -0.1) is 12.4 Å². The molecule has 0 radical (unpaired) electrons. The molecule has 1 aliphatic rings. The number of methoxy groups -OCH3 is 1. The maximum Gasteiger partial charge on any atom is 0.513 e. The Morgan fingerprint density at radius 3 is 2.74 bits per heavy atom. The predicted octanol–water partition coefficient (Wildman–Crippen LogP) is 4.15. The molecule has 10 heteroatoms. The van der Waals surface area contributed by atoms with Gasteiger partial charge in [0.2, 0.25) is 0 Å². The Labute approximate surface area is 160 Å². The van der Waals surface area contributed by atoms with Gasteiger partial charge in [0.1, 0.15) is 11.5 Å². The van der Waals surface area contributed by atoms with E-state index in [1.54, 1.807) is 0 Å². The first-order valence-electron chi connectivity index (χ1n) is 7.99. The number of halogens is 4. The van der Waals surface area contributed by atoms with Crippen LogP contribution in [0.4, 0.5) is 18.0 Å². The van der Waals surface area contributed by atoms with Crippen LogP contribution in [0.3, 0.4) is 0 Å². The van der Waals surface area contributed by atoms with Crippen molar-refractivity contribution in [1.29, 1.82) is 0 Å². The van der Waals surface area contributed by atoms with E-state index < -0.39 is 17.9 Å². The third kappa shape index (κ3) is 7.18. The molecule has 0 amide bonds. The Balaban J connectivity index is 0.00000364. The summed E-state index contributed by atoms with van der Waals surface area (Å²) in [5.41, 5.74) is -0.753. The van der Waals surface area contributed by atoms with Gasteiger partial charge in [0, 0.05) is 19.5 Å². The van der Waals surface area contributed by atoms with Crippen LogP contribution in [0, 0.1) is 0 Å². The van der Waals surface area contributed by atoms with Crippen molar-refractivity contribution in [3.05, 3.63) is 41.3 Å². The number of ether oxygens (including phenoxy) is 3. The van der Waals surface area contributed by atoms with Crippen LogP contribution in [0.15, 0.2) is 35.8 Å². The minimum Gasteiger partial charge on any atom is -0.509 e. The maximum absolute atomic E-state index is 12.7. The second-order valence-electron chi connectivity index (χ2n) is 5.68. The van der Waals surface area contributed by atoms with Crippen molar-refractivity contribution in [2.45, 2.75) is 19.0 Å². The number of carbonyl (C=O) groups is 1. The fraction of sp³-hybridized carbons (Fsp3) is 0.471. The van der Waals surface area contributed by atoms with Crippen LogP contribution in [0.5, 0.6) is 5.75 Å². The number of hydrogen-bond donors (Lipinski definition) is 1. The molecule has 152 valence electrons. The summed E-state index contributed by atoms with van der Waals surface area (Å²) >= 11 is 0. The summed E-state index contributed by atoms with van der Waals surface area (Å²) in [5, 5.41) is 9.75. The summed E-state index contributed by atoms with van der Waals surface area (Å²) in [5.74, 6) is 0.305. The summed E-state index contributed by atoms with van der Waals surface area (Å²) in [7, 11) is 1.17. The maximum atomic E-state index is 12.7. The quantitative estimate of drug-likeness (QED) is 0.560. The van der Waals surface area contributed by atoms with Crippen LogP contribution in [-0.4, -0.2) is 49.5 Å². The number of hydrogen-bond acceptors (Lipinski definition) is 6. The van der Waals surface area contributed by atoms with Crippen molar-refractivity contribution in [2.75, 3.05) is 33.4 Å². The zero-order chi connectivity index (χ0) is 19.2. The van der Waals surface area contributed by atoms with Gasteiger partial charge >= 0.3 is 12.3 Å². The van der Waals surface area contributed by atoms with Crippen molar-refractivity contribution in [3.8, 4) is 5.75 Å². The minimum absolute atomic E-state index is 0. The zero-order valence-corrected chi connectivity index (χ0v) is 15.4. The van der Waals surface area contributed by atoms with E-state index in [4.69, 9.17) is 9.47 Å². The lowest BCUT2D eigenvalue weighted by Gasteiger charge is -2.27. The van der Waals surface area contributed by atoms with Gasteiger partial charge in [-0.05, 0) is 24.6 Å². The first kappa shape index (κ1) is 22.9. The fourth-order valence-electron chi connectivity index (χ4n) is 2.44. The van der Waals surface area contributed by atoms with Gasteiger partial charge in [-0.2, -0.15) is 13.2 Å². The van der Waals surface area contributed by atoms with Gasteiger partial charge in [-0.3, -0.25) is 4.90 Å². The summed E-state index contributed by atoms with van der Waals surface area (Å²) < 4.78 is 52.6. The van der Waals surface area contributed by atoms with Gasteiger partial charge in [-0.25, -0.2) is 4.79 Å². The van der Waals surface area contributed by atoms with E-state index in [0.717, 1.165) is 12.1 Å². The smallest absolute Gasteiger partial charge is 0.509 e. The van der Waals surface area contributed by atoms with E-state index >= 15 is 0 Å². The highest BCUT2D eigenvalue weighted by Gasteiger charge is 2.30. The molecule has 0 bridgehead atoms. The first-order valence-corrected chi connectivity index (χ1v) is 7.99. The molecule has 2 rings (SSSR count). The SMILES string of the molecule is COC(=O)OC1=C(O)CCN(CCCOc2cccc(C(F)(F)F)c2)C1.Cl. The van der Waals surface area contributed by atoms with E-state index in [2.05, 4.69) is 4.74 Å². The number of benzene rings is 1. The standard InChI is InChI=1S/C17H20F3NO5.ClH/c1-24-16(23)26-15-11-21(8-6-14(15)22)7-3-9-25-13-5-2-4-12(10-13)17(18,19)20;/h2,4-5,10,22H,3,6-9,11H2,1H3;1H. The highest BCUT2D eigenvalue weighted by molar-refractivity contribution is 5.85. The lowest BCUT2D eigenvalue weighted by molar-refractivity contribution is -0.137. The monoisotopic (exact) mass is 411 g/mol. The molecule has 0 saturated heterocycles. The number of aliphatic hydroxyl groups excluding tert-OH is 1. The normalized spacial score (nSPS) is 15.1. The van der Waals surface area contributed by atoms with Gasteiger partial charge in [-0.1, -0.05) is 6.07 Å². The third-order valence-electron chi connectivity index (χ3n) is 3.78. The average molecular weight is 412 g/mol. The Kier molecular flexibility index (Phi) is 8.71. The van der Waals surface area contributed by atoms with Crippen LogP contribution >= 0.6 is 12.4 Å². The van der Waals surface area contributed by atoms with E-state index in [1.165, 1.54) is 19.2 Å². The molecule has 1 aliphatic heterocycles. The average Bonchev–Trinajstić information content (AvgIpc) is 2.60. The van der Waals surface area contributed by atoms with Crippen LogP contribution in [0.1, 0.15) is 18.4 Å². The zero-order valence-electron chi connectivity index (χ0n) is 14.6. The molecule has 0 aliphatic carbocycles. The van der Waals surface area contributed by atoms with Gasteiger partial charge in [0.25, 0.3) is 0 Å². The molecule has 1 aromatic rings. The van der Waals surface area contributed by atoms with Crippen LogP contribution < -0.4 is 4.74 Å². The van der Waals surface area contributed by atoms with Crippen molar-refractivity contribution in [3.63, 3.8) is 0 Å². The molecule has 0 aromatic heterocycles. The Bertz CT molecular complexity index is 666. The molecule has 1 aromatic carbocycles. The van der Waals surface area contributed by atoms with Crippen molar-refractivity contribution in [1.82, 2.24) is 4.90 Å². The molecule has 0 atom stereocenters. The molecule has 0 unspecified atom stereocenters. The Morgan fingerprint density at radius 2 is 2.07 bits per heavy atom. The summed E-state index contributed by atoms with van der Waals surface area (Å²) in [6.07, 6.45) is -4.41. The van der Waals surface area contributed by atoms with Gasteiger partial charge < -0.3 is 19.3 Å². The molecule has 1 N–H and O–H groups in total. The predicted molar refractivity (Wildman–Crippen MR) is 93.0 cm³/mol. The summed E-state index contributed by atoms with van der Waals surface area (Å²) in [6.45, 7) is 1.62. The van der Waals surface area contributed by atoms with Crippen molar-refractivity contribution >= 4 is 18.6 Å². The fourth-order valence-corrected chi connectivity index (χ4v) is 2.44.